The van der Waals surface area contributed by atoms with Gasteiger partial charge in [-0.1, -0.05) is 34.8 Å². The van der Waals surface area contributed by atoms with E-state index in [-0.39, 0.29) is 21.7 Å². The summed E-state index contributed by atoms with van der Waals surface area (Å²) in [4.78, 5) is 22.4. The Labute approximate surface area is 131 Å². The third-order valence-corrected chi connectivity index (χ3v) is 3.10. The van der Waals surface area contributed by atoms with Gasteiger partial charge in [-0.15, -0.1) is 0 Å². The van der Waals surface area contributed by atoms with E-state index in [9.17, 15) is 9.59 Å². The van der Waals surface area contributed by atoms with E-state index in [1.54, 1.807) is 6.92 Å². The van der Waals surface area contributed by atoms with Crippen molar-refractivity contribution in [3.63, 3.8) is 0 Å². The van der Waals surface area contributed by atoms with E-state index in [1.807, 2.05) is 0 Å². The summed E-state index contributed by atoms with van der Waals surface area (Å²) in [5.74, 6) is -0.159. The van der Waals surface area contributed by atoms with Gasteiger partial charge in [-0.05, 0) is 25.1 Å². The van der Waals surface area contributed by atoms with E-state index in [4.69, 9.17) is 44.3 Å². The average molecular weight is 338 g/mol. The third-order valence-electron chi connectivity index (χ3n) is 2.13. The fourth-order valence-electron chi connectivity index (χ4n) is 1.30. The lowest BCUT2D eigenvalue weighted by Crippen LogP contribution is -2.09. The van der Waals surface area contributed by atoms with Crippen LogP contribution >= 0.6 is 34.8 Å². The highest BCUT2D eigenvalue weighted by Crippen LogP contribution is 2.29. The number of esters is 1. The minimum Gasteiger partial charge on any atom is -0.490 e. The Hall–Kier alpha value is -1.23. The summed E-state index contributed by atoms with van der Waals surface area (Å²) < 4.78 is 10.2. The largest absolute Gasteiger partial charge is 0.490 e. The molecule has 0 unspecified atom stereocenters. The first-order valence-electron chi connectivity index (χ1n) is 5.60. The Kier molecular flexibility index (Phi) is 6.85. The molecule has 1 rings (SSSR count). The Balaban J connectivity index is 2.88. The van der Waals surface area contributed by atoms with E-state index >= 15 is 0 Å². The molecule has 0 radical (unpaired) electrons. The Morgan fingerprint density at radius 1 is 1.25 bits per heavy atom. The first kappa shape index (κ1) is 16.8. The normalized spacial score (nSPS) is 9.80. The molecule has 1 aromatic carbocycles. The van der Waals surface area contributed by atoms with Gasteiger partial charge in [-0.3, -0.25) is 9.59 Å². The summed E-state index contributed by atoms with van der Waals surface area (Å²) in [5, 5.41) is -0.0131. The van der Waals surface area contributed by atoms with Crippen LogP contribution in [0.25, 0.3) is 0 Å². The van der Waals surface area contributed by atoms with Crippen LogP contribution in [0.2, 0.25) is 0 Å². The molecule has 20 heavy (non-hydrogen) atoms. The summed E-state index contributed by atoms with van der Waals surface area (Å²) in [7, 11) is 0. The van der Waals surface area contributed by atoms with Crippen LogP contribution in [-0.2, 0) is 4.79 Å². The number of ether oxygens (including phenoxy) is 2. The highest BCUT2D eigenvalue weighted by atomic mass is 35.5. The highest BCUT2D eigenvalue weighted by Gasteiger charge is 2.13. The van der Waals surface area contributed by atoms with Gasteiger partial charge in [0.15, 0.2) is 11.5 Å². The molecule has 0 heterocycles. The second-order valence-electron chi connectivity index (χ2n) is 3.57. The lowest BCUT2D eigenvalue weighted by molar-refractivity contribution is -0.133. The van der Waals surface area contributed by atoms with Gasteiger partial charge in [-0.2, -0.15) is 0 Å². The molecule has 0 N–H and O–H groups in total. The van der Waals surface area contributed by atoms with Crippen molar-refractivity contribution < 1.29 is 19.1 Å². The second-order valence-corrected chi connectivity index (χ2v) is 4.98. The van der Waals surface area contributed by atoms with Crippen molar-refractivity contribution in [1.82, 2.24) is 0 Å². The van der Waals surface area contributed by atoms with Crippen molar-refractivity contribution in [3.8, 4) is 11.5 Å². The molecule has 0 saturated carbocycles. The standard InChI is InChI=1S/C13H11Cl3O4/c1-2-19-11-5-8(7-17)3-4-10(11)20-12(18)6-9(14)13(15)16/h3-5,7H,2,6H2,1H3. The molecule has 0 aliphatic heterocycles. The summed E-state index contributed by atoms with van der Waals surface area (Å²) in [6.07, 6.45) is 0.409. The quantitative estimate of drug-likeness (QED) is 0.446. The number of benzene rings is 1. The van der Waals surface area contributed by atoms with Gasteiger partial charge in [0.2, 0.25) is 0 Å². The van der Waals surface area contributed by atoms with Crippen LogP contribution in [0.4, 0.5) is 0 Å². The van der Waals surface area contributed by atoms with Crippen molar-refractivity contribution in [1.29, 1.82) is 0 Å². The molecular weight excluding hydrogens is 326 g/mol. The van der Waals surface area contributed by atoms with Gasteiger partial charge in [0.05, 0.1) is 18.1 Å². The smallest absolute Gasteiger partial charge is 0.316 e. The Morgan fingerprint density at radius 3 is 2.50 bits per heavy atom. The Bertz CT molecular complexity index is 536. The molecule has 1 aromatic rings. The minimum atomic E-state index is -0.645. The second kappa shape index (κ2) is 8.15. The maximum atomic E-state index is 11.7. The molecule has 4 nitrogen and oxygen atoms in total. The van der Waals surface area contributed by atoms with Gasteiger partial charge in [0, 0.05) is 5.56 Å². The van der Waals surface area contributed by atoms with Gasteiger partial charge >= 0.3 is 5.97 Å². The topological polar surface area (TPSA) is 52.6 Å². The number of aldehydes is 1. The molecule has 0 bridgehead atoms. The van der Waals surface area contributed by atoms with Gasteiger partial charge in [0.25, 0.3) is 0 Å². The fourth-order valence-corrected chi connectivity index (χ4v) is 1.55. The van der Waals surface area contributed by atoms with E-state index in [2.05, 4.69) is 0 Å². The number of hydrogen-bond acceptors (Lipinski definition) is 4. The van der Waals surface area contributed by atoms with E-state index in [0.29, 0.717) is 24.2 Å². The summed E-state index contributed by atoms with van der Waals surface area (Å²) in [5.41, 5.74) is 0.412. The lowest BCUT2D eigenvalue weighted by atomic mass is 10.2. The molecule has 7 heteroatoms. The molecule has 0 fully saturated rings. The number of hydrogen-bond donors (Lipinski definition) is 0. The third kappa shape index (κ3) is 5.04. The molecule has 108 valence electrons. The van der Waals surface area contributed by atoms with Gasteiger partial charge in [0.1, 0.15) is 10.8 Å². The molecule has 0 spiro atoms. The lowest BCUT2D eigenvalue weighted by Gasteiger charge is -2.10. The van der Waals surface area contributed by atoms with Crippen molar-refractivity contribution in [2.24, 2.45) is 0 Å². The zero-order valence-corrected chi connectivity index (χ0v) is 12.8. The van der Waals surface area contributed by atoms with Gasteiger partial charge < -0.3 is 9.47 Å². The van der Waals surface area contributed by atoms with Crippen LogP contribution < -0.4 is 9.47 Å². The van der Waals surface area contributed by atoms with Crippen molar-refractivity contribution >= 4 is 47.1 Å². The average Bonchev–Trinajstić information content (AvgIpc) is 2.40. The monoisotopic (exact) mass is 336 g/mol. The zero-order chi connectivity index (χ0) is 15.1. The SMILES string of the molecule is CCOc1cc(C=O)ccc1OC(=O)CC(Cl)=C(Cl)Cl. The predicted octanol–water partition coefficient (Wildman–Crippen LogP) is 4.08. The van der Waals surface area contributed by atoms with E-state index in [1.165, 1.54) is 18.2 Å². The zero-order valence-electron chi connectivity index (χ0n) is 10.5. The van der Waals surface area contributed by atoms with Crippen LogP contribution in [0.5, 0.6) is 11.5 Å². The Morgan fingerprint density at radius 2 is 1.95 bits per heavy atom. The molecule has 0 aromatic heterocycles. The predicted molar refractivity (Wildman–Crippen MR) is 77.8 cm³/mol. The van der Waals surface area contributed by atoms with Crippen molar-refractivity contribution in [2.75, 3.05) is 6.61 Å². The first-order valence-corrected chi connectivity index (χ1v) is 6.73. The minimum absolute atomic E-state index is 0.0131. The molecule has 0 amide bonds. The number of carbonyl (C=O) groups is 2. The van der Waals surface area contributed by atoms with Crippen molar-refractivity contribution in [3.05, 3.63) is 33.3 Å². The summed E-state index contributed by atoms with van der Waals surface area (Å²) in [6, 6.07) is 4.45. The molecule has 0 aliphatic carbocycles. The number of carbonyl (C=O) groups excluding carboxylic acids is 2. The maximum absolute atomic E-state index is 11.7. The van der Waals surface area contributed by atoms with Crippen LogP contribution in [0, 0.1) is 0 Å². The molecular formula is C13H11Cl3O4. The highest BCUT2D eigenvalue weighted by molar-refractivity contribution is 6.59. The molecule has 0 atom stereocenters. The fraction of sp³-hybridized carbons (Fsp3) is 0.231. The van der Waals surface area contributed by atoms with Crippen LogP contribution in [0.3, 0.4) is 0 Å². The van der Waals surface area contributed by atoms with Crippen LogP contribution in [-0.4, -0.2) is 18.9 Å². The summed E-state index contributed by atoms with van der Waals surface area (Å²) in [6.45, 7) is 2.13. The molecule has 0 aliphatic rings. The van der Waals surface area contributed by atoms with E-state index < -0.39 is 5.97 Å². The van der Waals surface area contributed by atoms with Gasteiger partial charge in [-0.25, -0.2) is 0 Å². The first-order chi connectivity index (χ1) is 9.47. The van der Waals surface area contributed by atoms with Crippen molar-refractivity contribution in [2.45, 2.75) is 13.3 Å². The number of rotatable bonds is 6. The van der Waals surface area contributed by atoms with Crippen LogP contribution in [0.15, 0.2) is 27.7 Å². The summed E-state index contributed by atoms with van der Waals surface area (Å²) >= 11 is 16.5. The number of halogens is 3. The molecule has 0 saturated heterocycles. The van der Waals surface area contributed by atoms with E-state index in [0.717, 1.165) is 0 Å². The maximum Gasteiger partial charge on any atom is 0.316 e. The van der Waals surface area contributed by atoms with Crippen LogP contribution in [0.1, 0.15) is 23.7 Å².